The Kier molecular flexibility index (Phi) is 8.23. The van der Waals surface area contributed by atoms with Crippen LogP contribution in [0.1, 0.15) is 62.4 Å². The lowest BCUT2D eigenvalue weighted by molar-refractivity contribution is 0.482. The molecule has 2 heterocycles. The van der Waals surface area contributed by atoms with Gasteiger partial charge in [0, 0.05) is 12.8 Å². The van der Waals surface area contributed by atoms with Gasteiger partial charge in [0.25, 0.3) is 0 Å². The zero-order chi connectivity index (χ0) is 26.0. The van der Waals surface area contributed by atoms with Gasteiger partial charge in [-0.1, -0.05) is 62.2 Å². The number of hydrogen-bond acceptors (Lipinski definition) is 6. The second-order valence-electron chi connectivity index (χ2n) is 8.30. The van der Waals surface area contributed by atoms with Crippen molar-refractivity contribution >= 4 is 33.4 Å². The maximum absolute atomic E-state index is 15.6. The lowest BCUT2D eigenvalue weighted by Crippen LogP contribution is -2.05. The van der Waals surface area contributed by atoms with Gasteiger partial charge in [0.15, 0.2) is 33.3 Å². The van der Waals surface area contributed by atoms with Crippen LogP contribution in [0.25, 0.3) is 31.9 Å². The first kappa shape index (κ1) is 26.5. The van der Waals surface area contributed by atoms with E-state index in [2.05, 4.69) is 20.4 Å². The molecule has 12 heteroatoms. The van der Waals surface area contributed by atoms with Crippen molar-refractivity contribution in [3.63, 3.8) is 0 Å². The fourth-order valence-electron chi connectivity index (χ4n) is 3.85. The molecule has 4 nitrogen and oxygen atoms in total. The number of aromatic nitrogens is 4. The molecule has 2 aromatic heterocycles. The first-order valence-electron chi connectivity index (χ1n) is 11.6. The maximum atomic E-state index is 15.6. The van der Waals surface area contributed by atoms with Crippen molar-refractivity contribution < 1.29 is 26.3 Å². The van der Waals surface area contributed by atoms with Crippen molar-refractivity contribution in [3.05, 3.63) is 44.9 Å². The average molecular weight is 545 g/mol. The molecule has 0 aliphatic carbocycles. The van der Waals surface area contributed by atoms with E-state index in [1.165, 1.54) is 0 Å². The molecule has 0 atom stereocenters. The van der Waals surface area contributed by atoms with Gasteiger partial charge in [0.05, 0.1) is 21.9 Å². The SMILES string of the molecule is CCCCCc1nnc(-c2c(F)c(F)c3c(F)c(F)c(-c4nnc(CCCCC)s4)c(F)c3c2F)s1. The summed E-state index contributed by atoms with van der Waals surface area (Å²) < 4.78 is 90.8. The number of aryl methyl sites for hydroxylation is 2. The molecule has 0 unspecified atom stereocenters. The van der Waals surface area contributed by atoms with Crippen molar-refractivity contribution in [2.24, 2.45) is 0 Å². The Morgan fingerprint density at radius 2 is 0.889 bits per heavy atom. The van der Waals surface area contributed by atoms with E-state index >= 15 is 8.78 Å². The van der Waals surface area contributed by atoms with Gasteiger partial charge in [-0.2, -0.15) is 0 Å². The summed E-state index contributed by atoms with van der Waals surface area (Å²) in [6, 6.07) is 0. The fraction of sp³-hybridized carbons (Fsp3) is 0.417. The van der Waals surface area contributed by atoms with Crippen LogP contribution in [0.4, 0.5) is 26.3 Å². The number of fused-ring (bicyclic) bond motifs is 1. The zero-order valence-electron chi connectivity index (χ0n) is 19.5. The molecule has 0 N–H and O–H groups in total. The molecule has 4 rings (SSSR count). The summed E-state index contributed by atoms with van der Waals surface area (Å²) >= 11 is 1.66. The minimum Gasteiger partial charge on any atom is -0.205 e. The van der Waals surface area contributed by atoms with Crippen molar-refractivity contribution in [1.29, 1.82) is 0 Å². The molecular formula is C24H22F6N4S2. The topological polar surface area (TPSA) is 51.6 Å². The predicted molar refractivity (Wildman–Crippen MR) is 128 cm³/mol. The molecule has 0 saturated carbocycles. The van der Waals surface area contributed by atoms with Gasteiger partial charge in [-0.25, -0.2) is 26.3 Å². The molecule has 0 saturated heterocycles. The lowest BCUT2D eigenvalue weighted by Gasteiger charge is -2.12. The molecule has 0 amide bonds. The van der Waals surface area contributed by atoms with Crippen LogP contribution in [-0.4, -0.2) is 20.4 Å². The summed E-state index contributed by atoms with van der Waals surface area (Å²) in [5.74, 6) is -10.6. The number of nitrogens with zero attached hydrogens (tertiary/aromatic N) is 4. The third kappa shape index (κ3) is 4.84. The molecule has 2 aromatic carbocycles. The average Bonchev–Trinajstić information content (AvgIpc) is 3.51. The molecule has 0 fully saturated rings. The van der Waals surface area contributed by atoms with Crippen molar-refractivity contribution in [3.8, 4) is 21.1 Å². The summed E-state index contributed by atoms with van der Waals surface area (Å²) in [5, 5.41) is 12.8. The highest BCUT2D eigenvalue weighted by molar-refractivity contribution is 7.15. The van der Waals surface area contributed by atoms with Gasteiger partial charge in [-0.05, 0) is 12.8 Å². The van der Waals surface area contributed by atoms with E-state index in [1.54, 1.807) is 0 Å². The van der Waals surface area contributed by atoms with Gasteiger partial charge in [0.1, 0.15) is 21.6 Å². The normalized spacial score (nSPS) is 11.7. The molecular weight excluding hydrogens is 522 g/mol. The van der Waals surface area contributed by atoms with E-state index in [1.807, 2.05) is 13.8 Å². The van der Waals surface area contributed by atoms with E-state index in [0.717, 1.165) is 61.2 Å². The van der Waals surface area contributed by atoms with E-state index < -0.39 is 56.8 Å². The van der Waals surface area contributed by atoms with Gasteiger partial charge >= 0.3 is 0 Å². The minimum atomic E-state index is -1.91. The van der Waals surface area contributed by atoms with Gasteiger partial charge in [0.2, 0.25) is 0 Å². The molecule has 4 aromatic rings. The Morgan fingerprint density at radius 1 is 0.500 bits per heavy atom. The van der Waals surface area contributed by atoms with Crippen molar-refractivity contribution in [2.75, 3.05) is 0 Å². The van der Waals surface area contributed by atoms with Crippen molar-refractivity contribution in [1.82, 2.24) is 20.4 Å². The van der Waals surface area contributed by atoms with Gasteiger partial charge in [-0.3, -0.25) is 0 Å². The summed E-state index contributed by atoms with van der Waals surface area (Å²) in [7, 11) is 0. The first-order chi connectivity index (χ1) is 17.3. The number of unbranched alkanes of at least 4 members (excludes halogenated alkanes) is 4. The van der Waals surface area contributed by atoms with Crippen LogP contribution >= 0.6 is 22.7 Å². The standard InChI is InChI=1S/C24H22F6N4S2/c1-3-5-7-9-11-31-33-23(35-11)15-17(25)13-14(19(27)21(15)29)20(28)22(30)16(18(13)26)24-34-32-12(36-24)10-8-6-4-2/h3-10H2,1-2H3. The second-order valence-corrected chi connectivity index (χ2v) is 10.4. The Bertz CT molecular complexity index is 1300. The highest BCUT2D eigenvalue weighted by Crippen LogP contribution is 2.42. The molecule has 192 valence electrons. The van der Waals surface area contributed by atoms with E-state index in [4.69, 9.17) is 0 Å². The van der Waals surface area contributed by atoms with E-state index in [9.17, 15) is 17.6 Å². The van der Waals surface area contributed by atoms with Gasteiger partial charge < -0.3 is 0 Å². The second kappa shape index (κ2) is 11.2. The summed E-state index contributed by atoms with van der Waals surface area (Å²) in [6.07, 6.45) is 6.26. The van der Waals surface area contributed by atoms with Crippen LogP contribution in [0.3, 0.4) is 0 Å². The minimum absolute atomic E-state index is 0.322. The predicted octanol–water partition coefficient (Wildman–Crippen LogP) is 8.18. The smallest absolute Gasteiger partial charge is 0.172 e. The molecule has 36 heavy (non-hydrogen) atoms. The Hall–Kier alpha value is -2.60. The monoisotopic (exact) mass is 544 g/mol. The van der Waals surface area contributed by atoms with Crippen LogP contribution < -0.4 is 0 Å². The third-order valence-corrected chi connectivity index (χ3v) is 7.74. The summed E-state index contributed by atoms with van der Waals surface area (Å²) in [4.78, 5) is 0. The maximum Gasteiger partial charge on any atom is 0.172 e. The first-order valence-corrected chi connectivity index (χ1v) is 13.2. The molecule has 0 spiro atoms. The van der Waals surface area contributed by atoms with Crippen LogP contribution in [0.5, 0.6) is 0 Å². The summed E-state index contributed by atoms with van der Waals surface area (Å²) in [6.45, 7) is 4.02. The molecule has 0 radical (unpaired) electrons. The third-order valence-electron chi connectivity index (χ3n) is 5.74. The highest BCUT2D eigenvalue weighted by Gasteiger charge is 2.33. The number of halogens is 6. The van der Waals surface area contributed by atoms with Crippen LogP contribution in [0.15, 0.2) is 0 Å². The lowest BCUT2D eigenvalue weighted by atomic mass is 10.00. The van der Waals surface area contributed by atoms with Crippen molar-refractivity contribution in [2.45, 2.75) is 65.2 Å². The molecule has 0 aliphatic rings. The van der Waals surface area contributed by atoms with Crippen LogP contribution in [-0.2, 0) is 12.8 Å². The zero-order valence-corrected chi connectivity index (χ0v) is 21.2. The van der Waals surface area contributed by atoms with E-state index in [-0.39, 0.29) is 10.0 Å². The number of hydrogen-bond donors (Lipinski definition) is 0. The molecule has 0 bridgehead atoms. The van der Waals surface area contributed by atoms with Gasteiger partial charge in [-0.15, -0.1) is 20.4 Å². The fourth-order valence-corrected chi connectivity index (χ4v) is 5.68. The van der Waals surface area contributed by atoms with Crippen LogP contribution in [0.2, 0.25) is 0 Å². The quantitative estimate of drug-likeness (QED) is 0.115. The number of benzene rings is 2. The Morgan fingerprint density at radius 3 is 1.28 bits per heavy atom. The Balaban J connectivity index is 1.86. The largest absolute Gasteiger partial charge is 0.205 e. The Labute approximate surface area is 211 Å². The van der Waals surface area contributed by atoms with E-state index in [0.29, 0.717) is 22.9 Å². The van der Waals surface area contributed by atoms with Crippen LogP contribution in [0, 0.1) is 34.9 Å². The molecule has 0 aliphatic heterocycles. The summed E-state index contributed by atoms with van der Waals surface area (Å²) in [5.41, 5.74) is -1.96. The number of rotatable bonds is 10. The highest BCUT2D eigenvalue weighted by atomic mass is 32.1.